The monoisotopic (exact) mass is 380 g/mol. The molecule has 4 rings (SSSR count). The number of hydrogen-bond acceptors (Lipinski definition) is 4. The van der Waals surface area contributed by atoms with E-state index in [0.29, 0.717) is 24.7 Å². The maximum Gasteiger partial charge on any atom is 0.346 e. The quantitative estimate of drug-likeness (QED) is 0.651. The van der Waals surface area contributed by atoms with Crippen LogP contribution in [0.1, 0.15) is 43.7 Å². The highest BCUT2D eigenvalue weighted by Crippen LogP contribution is 2.36. The molecule has 1 aromatic carbocycles. The van der Waals surface area contributed by atoms with Crippen molar-refractivity contribution in [1.82, 2.24) is 19.7 Å². The van der Waals surface area contributed by atoms with Crippen molar-refractivity contribution in [3.63, 3.8) is 0 Å². The van der Waals surface area contributed by atoms with Crippen LogP contribution in [0.3, 0.4) is 0 Å². The van der Waals surface area contributed by atoms with E-state index in [4.69, 9.17) is 4.42 Å². The number of nitrogens with one attached hydrogen (secondary N) is 1. The molecule has 0 saturated heterocycles. The molecular weight excluding hydrogens is 356 g/mol. The summed E-state index contributed by atoms with van der Waals surface area (Å²) in [5.41, 5.74) is 0.844. The standard InChI is InChI=1S/C21H24N4O3/c1-2-17(15-7-4-3-5-8-15)20(26)22-12-13-24-21(27)25(16-10-11-16)19(23-24)18-9-6-14-28-18/h3-9,14,16-17H,2,10-13H2,1H3,(H,22,26)/t17-/m0/s1. The van der Waals surface area contributed by atoms with Crippen molar-refractivity contribution in [2.24, 2.45) is 0 Å². The first-order valence-electron chi connectivity index (χ1n) is 9.75. The van der Waals surface area contributed by atoms with Crippen molar-refractivity contribution in [1.29, 1.82) is 0 Å². The molecule has 1 amide bonds. The van der Waals surface area contributed by atoms with Crippen LogP contribution in [0.25, 0.3) is 11.6 Å². The third-order valence-electron chi connectivity index (χ3n) is 5.07. The van der Waals surface area contributed by atoms with Gasteiger partial charge in [0, 0.05) is 12.6 Å². The topological polar surface area (TPSA) is 82.1 Å². The van der Waals surface area contributed by atoms with Crippen LogP contribution in [0.5, 0.6) is 0 Å². The molecule has 1 atom stereocenters. The molecule has 0 spiro atoms. The zero-order valence-corrected chi connectivity index (χ0v) is 15.9. The SMILES string of the molecule is CC[C@H](C(=O)NCCn1nc(-c2ccco2)n(C2CC2)c1=O)c1ccccc1. The van der Waals surface area contributed by atoms with E-state index < -0.39 is 0 Å². The molecule has 146 valence electrons. The zero-order valence-electron chi connectivity index (χ0n) is 15.9. The summed E-state index contributed by atoms with van der Waals surface area (Å²) in [4.78, 5) is 25.4. The van der Waals surface area contributed by atoms with E-state index >= 15 is 0 Å². The Morgan fingerprint density at radius 3 is 2.68 bits per heavy atom. The number of benzene rings is 1. The van der Waals surface area contributed by atoms with Crippen LogP contribution in [0.2, 0.25) is 0 Å². The number of amides is 1. The summed E-state index contributed by atoms with van der Waals surface area (Å²) in [5.74, 6) is 0.914. The third kappa shape index (κ3) is 3.65. The average molecular weight is 380 g/mol. The number of hydrogen-bond donors (Lipinski definition) is 1. The van der Waals surface area contributed by atoms with Crippen LogP contribution in [0, 0.1) is 0 Å². The lowest BCUT2D eigenvalue weighted by Crippen LogP contribution is -2.34. The molecule has 0 radical (unpaired) electrons. The van der Waals surface area contributed by atoms with Crippen LogP contribution in [-0.4, -0.2) is 26.8 Å². The molecule has 7 nitrogen and oxygen atoms in total. The van der Waals surface area contributed by atoms with E-state index in [-0.39, 0.29) is 23.6 Å². The molecule has 2 aromatic heterocycles. The van der Waals surface area contributed by atoms with Crippen molar-refractivity contribution >= 4 is 5.91 Å². The second kappa shape index (κ2) is 7.88. The molecule has 0 unspecified atom stereocenters. The molecule has 1 aliphatic carbocycles. The third-order valence-corrected chi connectivity index (χ3v) is 5.07. The summed E-state index contributed by atoms with van der Waals surface area (Å²) >= 11 is 0. The summed E-state index contributed by atoms with van der Waals surface area (Å²) < 4.78 is 8.56. The Bertz CT molecular complexity index is 985. The maximum absolute atomic E-state index is 12.8. The summed E-state index contributed by atoms with van der Waals surface area (Å²) in [7, 11) is 0. The van der Waals surface area contributed by atoms with E-state index in [1.165, 1.54) is 4.68 Å². The molecule has 1 saturated carbocycles. The van der Waals surface area contributed by atoms with Gasteiger partial charge in [0.25, 0.3) is 0 Å². The molecule has 7 heteroatoms. The second-order valence-corrected chi connectivity index (χ2v) is 7.07. The summed E-state index contributed by atoms with van der Waals surface area (Å²) in [6, 6.07) is 13.5. The first kappa shape index (κ1) is 18.3. The number of furan rings is 1. The number of aromatic nitrogens is 3. The van der Waals surface area contributed by atoms with Gasteiger partial charge in [0.05, 0.1) is 18.7 Å². The lowest BCUT2D eigenvalue weighted by Gasteiger charge is -2.15. The predicted molar refractivity (Wildman–Crippen MR) is 105 cm³/mol. The minimum Gasteiger partial charge on any atom is -0.461 e. The minimum atomic E-state index is -0.194. The number of rotatable bonds is 8. The van der Waals surface area contributed by atoms with Crippen LogP contribution in [0.15, 0.2) is 57.9 Å². The van der Waals surface area contributed by atoms with Gasteiger partial charge in [0.1, 0.15) is 0 Å². The van der Waals surface area contributed by atoms with Gasteiger partial charge in [-0.1, -0.05) is 37.3 Å². The van der Waals surface area contributed by atoms with Crippen LogP contribution in [-0.2, 0) is 11.3 Å². The lowest BCUT2D eigenvalue weighted by molar-refractivity contribution is -0.122. The Labute approximate surface area is 163 Å². The highest BCUT2D eigenvalue weighted by molar-refractivity contribution is 5.83. The van der Waals surface area contributed by atoms with Gasteiger partial charge in [-0.2, -0.15) is 0 Å². The molecule has 1 aliphatic rings. The Hall–Kier alpha value is -3.09. The van der Waals surface area contributed by atoms with Gasteiger partial charge in [0.2, 0.25) is 11.7 Å². The van der Waals surface area contributed by atoms with Gasteiger partial charge < -0.3 is 9.73 Å². The highest BCUT2D eigenvalue weighted by atomic mass is 16.3. The number of nitrogens with zero attached hydrogens (tertiary/aromatic N) is 3. The molecule has 1 fully saturated rings. The average Bonchev–Trinajstić information content (AvgIpc) is 3.28. The van der Waals surface area contributed by atoms with E-state index in [1.807, 2.05) is 37.3 Å². The second-order valence-electron chi connectivity index (χ2n) is 7.07. The fourth-order valence-corrected chi connectivity index (χ4v) is 3.47. The fourth-order valence-electron chi connectivity index (χ4n) is 3.47. The largest absolute Gasteiger partial charge is 0.461 e. The zero-order chi connectivity index (χ0) is 19.5. The van der Waals surface area contributed by atoms with Crippen molar-refractivity contribution in [2.75, 3.05) is 6.54 Å². The molecule has 0 aliphatic heterocycles. The summed E-state index contributed by atoms with van der Waals surface area (Å²) in [6.45, 7) is 2.67. The van der Waals surface area contributed by atoms with Gasteiger partial charge in [-0.25, -0.2) is 9.48 Å². The molecule has 2 heterocycles. The van der Waals surface area contributed by atoms with Crippen molar-refractivity contribution in [3.05, 3.63) is 64.8 Å². The van der Waals surface area contributed by atoms with Crippen molar-refractivity contribution in [3.8, 4) is 11.6 Å². The van der Waals surface area contributed by atoms with E-state index in [2.05, 4.69) is 10.4 Å². The lowest BCUT2D eigenvalue weighted by atomic mass is 9.96. The van der Waals surface area contributed by atoms with E-state index in [0.717, 1.165) is 24.8 Å². The fraction of sp³-hybridized carbons (Fsp3) is 0.381. The van der Waals surface area contributed by atoms with E-state index in [1.54, 1.807) is 23.0 Å². The first-order valence-corrected chi connectivity index (χ1v) is 9.75. The highest BCUT2D eigenvalue weighted by Gasteiger charge is 2.31. The maximum atomic E-state index is 12.8. The van der Waals surface area contributed by atoms with Crippen LogP contribution < -0.4 is 11.0 Å². The van der Waals surface area contributed by atoms with Crippen LogP contribution >= 0.6 is 0 Å². The van der Waals surface area contributed by atoms with Gasteiger partial charge >= 0.3 is 5.69 Å². The first-order chi connectivity index (χ1) is 13.7. The predicted octanol–water partition coefficient (Wildman–Crippen LogP) is 2.95. The Kier molecular flexibility index (Phi) is 5.14. The molecule has 28 heavy (non-hydrogen) atoms. The Morgan fingerprint density at radius 2 is 2.04 bits per heavy atom. The number of carbonyl (C=O) groups excluding carboxylic acids is 1. The van der Waals surface area contributed by atoms with Gasteiger partial charge in [-0.15, -0.1) is 5.10 Å². The molecular formula is C21H24N4O3. The normalized spacial score (nSPS) is 14.8. The molecule has 3 aromatic rings. The van der Waals surface area contributed by atoms with Gasteiger partial charge in [-0.05, 0) is 37.0 Å². The van der Waals surface area contributed by atoms with E-state index in [9.17, 15) is 9.59 Å². The summed E-state index contributed by atoms with van der Waals surface area (Å²) in [6.07, 6.45) is 4.25. The Balaban J connectivity index is 1.45. The number of carbonyl (C=O) groups is 1. The smallest absolute Gasteiger partial charge is 0.346 e. The van der Waals surface area contributed by atoms with Gasteiger partial charge in [-0.3, -0.25) is 9.36 Å². The van der Waals surface area contributed by atoms with Gasteiger partial charge in [0.15, 0.2) is 5.76 Å². The van der Waals surface area contributed by atoms with Crippen molar-refractivity contribution < 1.29 is 9.21 Å². The van der Waals surface area contributed by atoms with Crippen LogP contribution in [0.4, 0.5) is 0 Å². The minimum absolute atomic E-state index is 0.0327. The summed E-state index contributed by atoms with van der Waals surface area (Å²) in [5, 5.41) is 7.40. The molecule has 1 N–H and O–H groups in total. The Morgan fingerprint density at radius 1 is 1.25 bits per heavy atom. The van der Waals surface area contributed by atoms with Crippen molar-refractivity contribution in [2.45, 2.75) is 44.7 Å². The molecule has 0 bridgehead atoms.